The first-order valence-corrected chi connectivity index (χ1v) is 8.93. The van der Waals surface area contributed by atoms with Crippen LogP contribution in [0.5, 0.6) is 5.75 Å². The van der Waals surface area contributed by atoms with Crippen molar-refractivity contribution in [3.8, 4) is 5.75 Å². The molecule has 0 radical (unpaired) electrons. The highest BCUT2D eigenvalue weighted by molar-refractivity contribution is 6.03. The third-order valence-corrected chi connectivity index (χ3v) is 3.98. The lowest BCUT2D eigenvalue weighted by atomic mass is 10.2. The third kappa shape index (κ3) is 5.52. The third-order valence-electron chi connectivity index (χ3n) is 3.98. The molecule has 0 spiro atoms. The molecule has 3 rings (SSSR count). The molecule has 148 valence electrons. The molecular weight excluding hydrogens is 370 g/mol. The number of carbonyl (C=O) groups excluding carboxylic acids is 2. The molecule has 0 saturated heterocycles. The summed E-state index contributed by atoms with van der Waals surface area (Å²) in [6, 6.07) is 16.0. The summed E-state index contributed by atoms with van der Waals surface area (Å²) in [5.74, 6) is 0.581. The van der Waals surface area contributed by atoms with Gasteiger partial charge in [0.2, 0.25) is 11.9 Å². The van der Waals surface area contributed by atoms with Gasteiger partial charge in [-0.25, -0.2) is 9.97 Å². The highest BCUT2D eigenvalue weighted by Gasteiger charge is 2.10. The van der Waals surface area contributed by atoms with Crippen LogP contribution in [0, 0.1) is 0 Å². The normalized spacial score (nSPS) is 10.1. The number of carbonyl (C=O) groups is 2. The Hall–Kier alpha value is -3.94. The van der Waals surface area contributed by atoms with Gasteiger partial charge < -0.3 is 20.7 Å². The fraction of sp³-hybridized carbons (Fsp3) is 0.143. The number of hydrogen-bond donors (Lipinski definition) is 3. The van der Waals surface area contributed by atoms with Crippen molar-refractivity contribution in [2.45, 2.75) is 13.5 Å². The van der Waals surface area contributed by atoms with Crippen LogP contribution in [0.25, 0.3) is 0 Å². The minimum absolute atomic E-state index is 0.157. The van der Waals surface area contributed by atoms with E-state index in [2.05, 4.69) is 25.9 Å². The molecule has 1 heterocycles. The number of methoxy groups -OCH3 is 1. The lowest BCUT2D eigenvalue weighted by Gasteiger charge is -2.10. The van der Waals surface area contributed by atoms with Gasteiger partial charge >= 0.3 is 0 Å². The maximum absolute atomic E-state index is 12.5. The molecule has 3 aromatic rings. The summed E-state index contributed by atoms with van der Waals surface area (Å²) in [4.78, 5) is 32.0. The van der Waals surface area contributed by atoms with Crippen LogP contribution in [-0.4, -0.2) is 28.9 Å². The minimum atomic E-state index is -0.361. The zero-order valence-electron chi connectivity index (χ0n) is 16.1. The molecule has 0 aliphatic carbocycles. The summed E-state index contributed by atoms with van der Waals surface area (Å²) >= 11 is 0. The van der Waals surface area contributed by atoms with Gasteiger partial charge in [0.1, 0.15) is 11.4 Å². The lowest BCUT2D eigenvalue weighted by Crippen LogP contribution is -2.15. The van der Waals surface area contributed by atoms with E-state index in [-0.39, 0.29) is 17.5 Å². The Balaban J connectivity index is 1.64. The SMILES string of the molecule is COc1ccccc1CNc1nccc(C(=O)Nc2ccc(NC(C)=O)cc2)n1. The van der Waals surface area contributed by atoms with Crippen LogP contribution in [0.4, 0.5) is 17.3 Å². The van der Waals surface area contributed by atoms with Crippen molar-refractivity contribution in [1.82, 2.24) is 9.97 Å². The average molecular weight is 391 g/mol. The summed E-state index contributed by atoms with van der Waals surface area (Å²) in [5.41, 5.74) is 2.42. The second-order valence-electron chi connectivity index (χ2n) is 6.14. The van der Waals surface area contributed by atoms with Gasteiger partial charge in [-0.1, -0.05) is 18.2 Å². The van der Waals surface area contributed by atoms with Crippen LogP contribution in [0.15, 0.2) is 60.8 Å². The highest BCUT2D eigenvalue weighted by atomic mass is 16.5. The van der Waals surface area contributed by atoms with E-state index in [4.69, 9.17) is 4.74 Å². The van der Waals surface area contributed by atoms with Gasteiger partial charge in [0.05, 0.1) is 7.11 Å². The zero-order chi connectivity index (χ0) is 20.6. The Morgan fingerprint density at radius 3 is 2.34 bits per heavy atom. The molecule has 3 N–H and O–H groups in total. The summed E-state index contributed by atoms with van der Waals surface area (Å²) in [6.45, 7) is 1.89. The van der Waals surface area contributed by atoms with Gasteiger partial charge in [-0.15, -0.1) is 0 Å². The fourth-order valence-electron chi connectivity index (χ4n) is 2.63. The molecule has 2 aromatic carbocycles. The first kappa shape index (κ1) is 19.8. The summed E-state index contributed by atoms with van der Waals surface area (Å²) in [6.07, 6.45) is 1.52. The van der Waals surface area contributed by atoms with Crippen molar-refractivity contribution in [1.29, 1.82) is 0 Å². The van der Waals surface area contributed by atoms with Gasteiger partial charge in [-0.2, -0.15) is 0 Å². The molecule has 29 heavy (non-hydrogen) atoms. The highest BCUT2D eigenvalue weighted by Crippen LogP contribution is 2.18. The molecule has 0 aliphatic rings. The standard InChI is InChI=1S/C21H21N5O3/c1-14(27)24-16-7-9-17(10-8-16)25-20(28)18-11-12-22-21(26-18)23-13-15-5-3-4-6-19(15)29-2/h3-12H,13H2,1-2H3,(H,24,27)(H,25,28)(H,22,23,26). The quantitative estimate of drug-likeness (QED) is 0.571. The maximum atomic E-state index is 12.5. The van der Waals surface area contributed by atoms with E-state index in [1.54, 1.807) is 31.4 Å². The fourth-order valence-corrected chi connectivity index (χ4v) is 2.63. The molecule has 0 unspecified atom stereocenters. The van der Waals surface area contributed by atoms with Crippen molar-refractivity contribution in [2.75, 3.05) is 23.1 Å². The monoisotopic (exact) mass is 391 g/mol. The Kier molecular flexibility index (Phi) is 6.36. The van der Waals surface area contributed by atoms with E-state index in [9.17, 15) is 9.59 Å². The largest absolute Gasteiger partial charge is 0.496 e. The van der Waals surface area contributed by atoms with Crippen LogP contribution >= 0.6 is 0 Å². The first-order valence-electron chi connectivity index (χ1n) is 8.93. The first-order chi connectivity index (χ1) is 14.0. The number of para-hydroxylation sites is 1. The van der Waals surface area contributed by atoms with E-state index in [1.165, 1.54) is 19.2 Å². The lowest BCUT2D eigenvalue weighted by molar-refractivity contribution is -0.114. The van der Waals surface area contributed by atoms with Gasteiger partial charge in [0, 0.05) is 36.6 Å². The zero-order valence-corrected chi connectivity index (χ0v) is 16.1. The number of nitrogens with one attached hydrogen (secondary N) is 3. The predicted molar refractivity (Wildman–Crippen MR) is 111 cm³/mol. The van der Waals surface area contributed by atoms with E-state index in [1.807, 2.05) is 24.3 Å². The van der Waals surface area contributed by atoms with E-state index >= 15 is 0 Å². The Bertz CT molecular complexity index is 1010. The summed E-state index contributed by atoms with van der Waals surface area (Å²) in [7, 11) is 1.61. The Labute approximate surface area is 168 Å². The molecule has 0 bridgehead atoms. The number of ether oxygens (including phenoxy) is 1. The van der Waals surface area contributed by atoms with Crippen LogP contribution in [-0.2, 0) is 11.3 Å². The molecule has 0 fully saturated rings. The number of aromatic nitrogens is 2. The average Bonchev–Trinajstić information content (AvgIpc) is 2.73. The minimum Gasteiger partial charge on any atom is -0.496 e. The number of rotatable bonds is 7. The molecule has 2 amide bonds. The van der Waals surface area contributed by atoms with Crippen LogP contribution in [0.3, 0.4) is 0 Å². The van der Waals surface area contributed by atoms with Crippen LogP contribution < -0.4 is 20.7 Å². The molecule has 0 atom stereocenters. The van der Waals surface area contributed by atoms with E-state index < -0.39 is 0 Å². The van der Waals surface area contributed by atoms with Crippen molar-refractivity contribution >= 4 is 29.1 Å². The Morgan fingerprint density at radius 2 is 1.66 bits per heavy atom. The predicted octanol–water partition coefficient (Wildman–Crippen LogP) is 3.31. The van der Waals surface area contributed by atoms with E-state index in [0.717, 1.165) is 11.3 Å². The number of amides is 2. The molecular formula is C21H21N5O3. The number of hydrogen-bond acceptors (Lipinski definition) is 6. The van der Waals surface area contributed by atoms with E-state index in [0.29, 0.717) is 23.9 Å². The van der Waals surface area contributed by atoms with Crippen LogP contribution in [0.1, 0.15) is 23.0 Å². The summed E-state index contributed by atoms with van der Waals surface area (Å²) in [5, 5.41) is 8.54. The smallest absolute Gasteiger partial charge is 0.274 e. The van der Waals surface area contributed by atoms with Gasteiger partial charge in [0.15, 0.2) is 0 Å². The van der Waals surface area contributed by atoms with Crippen molar-refractivity contribution in [3.63, 3.8) is 0 Å². The maximum Gasteiger partial charge on any atom is 0.274 e. The molecule has 8 nitrogen and oxygen atoms in total. The number of anilines is 3. The second kappa shape index (κ2) is 9.32. The van der Waals surface area contributed by atoms with Crippen molar-refractivity contribution in [2.24, 2.45) is 0 Å². The second-order valence-corrected chi connectivity index (χ2v) is 6.14. The number of nitrogens with zero attached hydrogens (tertiary/aromatic N) is 2. The van der Waals surface area contributed by atoms with Gasteiger partial charge in [-0.05, 0) is 36.4 Å². The molecule has 0 aliphatic heterocycles. The van der Waals surface area contributed by atoms with Gasteiger partial charge in [-0.3, -0.25) is 9.59 Å². The topological polar surface area (TPSA) is 105 Å². The summed E-state index contributed by atoms with van der Waals surface area (Å²) < 4.78 is 5.32. The molecule has 1 aromatic heterocycles. The van der Waals surface area contributed by atoms with Crippen molar-refractivity contribution in [3.05, 3.63) is 72.1 Å². The van der Waals surface area contributed by atoms with Crippen molar-refractivity contribution < 1.29 is 14.3 Å². The van der Waals surface area contributed by atoms with Crippen LogP contribution in [0.2, 0.25) is 0 Å². The Morgan fingerprint density at radius 1 is 0.966 bits per heavy atom. The van der Waals surface area contributed by atoms with Gasteiger partial charge in [0.25, 0.3) is 5.91 Å². The number of benzene rings is 2. The molecule has 8 heteroatoms. The molecule has 0 saturated carbocycles.